The number of aliphatic carboxylic acids is 1. The van der Waals surface area contributed by atoms with Crippen LogP contribution in [0.3, 0.4) is 0 Å². The van der Waals surface area contributed by atoms with Crippen molar-refractivity contribution in [3.8, 4) is 0 Å². The summed E-state index contributed by atoms with van der Waals surface area (Å²) in [6.07, 6.45) is 4.89. The summed E-state index contributed by atoms with van der Waals surface area (Å²) in [7, 11) is 0. The van der Waals surface area contributed by atoms with Crippen molar-refractivity contribution in [2.45, 2.75) is 57.0 Å². The van der Waals surface area contributed by atoms with Crippen LogP contribution in [0.25, 0.3) is 0 Å². The molecule has 3 unspecified atom stereocenters. The van der Waals surface area contributed by atoms with Crippen LogP contribution in [0, 0.1) is 0 Å². The summed E-state index contributed by atoms with van der Waals surface area (Å²) in [5, 5.41) is 12.5. The molecular formula is C16H23NO2. The van der Waals surface area contributed by atoms with Crippen LogP contribution in [0.1, 0.15) is 50.5 Å². The van der Waals surface area contributed by atoms with Gasteiger partial charge in [0.25, 0.3) is 0 Å². The lowest BCUT2D eigenvalue weighted by Crippen LogP contribution is -2.42. The lowest BCUT2D eigenvalue weighted by molar-refractivity contribution is -0.139. The average Bonchev–Trinajstić information content (AvgIpc) is 2.88. The van der Waals surface area contributed by atoms with Gasteiger partial charge in [0.2, 0.25) is 0 Å². The highest BCUT2D eigenvalue weighted by atomic mass is 16.4. The average molecular weight is 261 g/mol. The third-order valence-electron chi connectivity index (χ3n) is 4.02. The molecule has 19 heavy (non-hydrogen) atoms. The molecule has 0 aliphatic heterocycles. The molecule has 0 radical (unpaired) electrons. The summed E-state index contributed by atoms with van der Waals surface area (Å²) < 4.78 is 0. The molecule has 0 aromatic heterocycles. The van der Waals surface area contributed by atoms with Gasteiger partial charge < -0.3 is 10.4 Å². The SMILES string of the molecule is CCCC(NC1CCC(c2ccccc2)C1)C(=O)O. The second-order valence-corrected chi connectivity index (χ2v) is 5.46. The maximum Gasteiger partial charge on any atom is 0.320 e. The minimum atomic E-state index is -0.718. The molecule has 1 aromatic carbocycles. The molecule has 0 spiro atoms. The van der Waals surface area contributed by atoms with Crippen molar-refractivity contribution < 1.29 is 9.90 Å². The molecule has 0 bridgehead atoms. The minimum absolute atomic E-state index is 0.345. The Labute approximate surface area is 115 Å². The first kappa shape index (κ1) is 14.1. The van der Waals surface area contributed by atoms with Gasteiger partial charge in [-0.2, -0.15) is 0 Å². The fraction of sp³-hybridized carbons (Fsp3) is 0.562. The van der Waals surface area contributed by atoms with E-state index in [0.717, 1.165) is 25.7 Å². The summed E-state index contributed by atoms with van der Waals surface area (Å²) in [4.78, 5) is 11.2. The van der Waals surface area contributed by atoms with Crippen molar-refractivity contribution in [1.82, 2.24) is 5.32 Å². The van der Waals surface area contributed by atoms with Crippen LogP contribution in [0.15, 0.2) is 30.3 Å². The fourth-order valence-corrected chi connectivity index (χ4v) is 3.01. The van der Waals surface area contributed by atoms with E-state index in [9.17, 15) is 9.90 Å². The molecule has 2 rings (SSSR count). The van der Waals surface area contributed by atoms with Crippen LogP contribution in [-0.4, -0.2) is 23.2 Å². The third-order valence-corrected chi connectivity index (χ3v) is 4.02. The number of nitrogens with one attached hydrogen (secondary N) is 1. The van der Waals surface area contributed by atoms with Gasteiger partial charge in [0.05, 0.1) is 0 Å². The lowest BCUT2D eigenvalue weighted by atomic mass is 9.97. The second-order valence-electron chi connectivity index (χ2n) is 5.46. The Morgan fingerprint density at radius 2 is 2.11 bits per heavy atom. The molecule has 0 heterocycles. The van der Waals surface area contributed by atoms with Crippen LogP contribution < -0.4 is 5.32 Å². The zero-order valence-corrected chi connectivity index (χ0v) is 11.5. The number of hydrogen-bond acceptors (Lipinski definition) is 2. The van der Waals surface area contributed by atoms with Gasteiger partial charge in [-0.25, -0.2) is 0 Å². The lowest BCUT2D eigenvalue weighted by Gasteiger charge is -2.19. The summed E-state index contributed by atoms with van der Waals surface area (Å²) in [6, 6.07) is 10.5. The molecule has 1 fully saturated rings. The maximum atomic E-state index is 11.2. The van der Waals surface area contributed by atoms with E-state index in [1.807, 2.05) is 13.0 Å². The zero-order valence-electron chi connectivity index (χ0n) is 11.5. The van der Waals surface area contributed by atoms with Gasteiger partial charge >= 0.3 is 5.97 Å². The smallest absolute Gasteiger partial charge is 0.320 e. The van der Waals surface area contributed by atoms with Gasteiger partial charge in [-0.15, -0.1) is 0 Å². The van der Waals surface area contributed by atoms with E-state index in [1.165, 1.54) is 5.56 Å². The molecule has 2 N–H and O–H groups in total. The predicted octanol–water partition coefficient (Wildman–Crippen LogP) is 3.17. The molecule has 1 aromatic rings. The van der Waals surface area contributed by atoms with Gasteiger partial charge in [0.1, 0.15) is 6.04 Å². The van der Waals surface area contributed by atoms with Gasteiger partial charge in [-0.3, -0.25) is 4.79 Å². The molecular weight excluding hydrogens is 238 g/mol. The van der Waals surface area contributed by atoms with Crippen molar-refractivity contribution >= 4 is 5.97 Å². The first-order valence-electron chi connectivity index (χ1n) is 7.24. The van der Waals surface area contributed by atoms with Crippen molar-refractivity contribution in [3.63, 3.8) is 0 Å². The van der Waals surface area contributed by atoms with E-state index in [-0.39, 0.29) is 6.04 Å². The number of carbonyl (C=O) groups is 1. The Balaban J connectivity index is 1.89. The Morgan fingerprint density at radius 3 is 2.74 bits per heavy atom. The van der Waals surface area contributed by atoms with E-state index in [1.54, 1.807) is 0 Å². The summed E-state index contributed by atoms with van der Waals surface area (Å²) in [6.45, 7) is 2.03. The standard InChI is InChI=1S/C16H23NO2/c1-2-6-15(16(18)19)17-14-10-9-13(11-14)12-7-4-3-5-8-12/h3-5,7-8,13-15,17H,2,6,9-11H2,1H3,(H,18,19). The van der Waals surface area contributed by atoms with Crippen molar-refractivity contribution in [2.24, 2.45) is 0 Å². The first-order valence-corrected chi connectivity index (χ1v) is 7.24. The highest BCUT2D eigenvalue weighted by Gasteiger charge is 2.29. The van der Waals surface area contributed by atoms with Gasteiger partial charge in [-0.05, 0) is 37.2 Å². The highest BCUT2D eigenvalue weighted by molar-refractivity contribution is 5.73. The summed E-state index contributed by atoms with van der Waals surface area (Å²) in [5.41, 5.74) is 1.38. The zero-order chi connectivity index (χ0) is 13.7. The second kappa shape index (κ2) is 6.71. The number of carboxylic acids is 1. The van der Waals surface area contributed by atoms with Crippen LogP contribution in [0.4, 0.5) is 0 Å². The van der Waals surface area contributed by atoms with Crippen molar-refractivity contribution in [3.05, 3.63) is 35.9 Å². The molecule has 3 heteroatoms. The Hall–Kier alpha value is -1.35. The van der Waals surface area contributed by atoms with E-state index in [4.69, 9.17) is 0 Å². The molecule has 1 saturated carbocycles. The Bertz CT molecular complexity index is 404. The minimum Gasteiger partial charge on any atom is -0.480 e. The quantitative estimate of drug-likeness (QED) is 0.827. The van der Waals surface area contributed by atoms with Gasteiger partial charge in [0.15, 0.2) is 0 Å². The molecule has 0 amide bonds. The maximum absolute atomic E-state index is 11.2. The first-order chi connectivity index (χ1) is 9.20. The fourth-order valence-electron chi connectivity index (χ4n) is 3.01. The normalized spacial score (nSPS) is 24.3. The summed E-state index contributed by atoms with van der Waals surface area (Å²) >= 11 is 0. The highest BCUT2D eigenvalue weighted by Crippen LogP contribution is 2.34. The van der Waals surface area contributed by atoms with Crippen molar-refractivity contribution in [1.29, 1.82) is 0 Å². The number of rotatable bonds is 6. The summed E-state index contributed by atoms with van der Waals surface area (Å²) in [5.74, 6) is -0.139. The number of benzene rings is 1. The molecule has 1 aliphatic carbocycles. The number of carboxylic acid groups (broad SMARTS) is 1. The van der Waals surface area contributed by atoms with Crippen molar-refractivity contribution in [2.75, 3.05) is 0 Å². The Morgan fingerprint density at radius 1 is 1.37 bits per heavy atom. The van der Waals surface area contributed by atoms with Gasteiger partial charge in [0, 0.05) is 6.04 Å². The van der Waals surface area contributed by atoms with E-state index in [0.29, 0.717) is 18.4 Å². The van der Waals surface area contributed by atoms with E-state index in [2.05, 4.69) is 29.6 Å². The Kier molecular flexibility index (Phi) is 4.97. The number of hydrogen-bond donors (Lipinski definition) is 2. The molecule has 3 atom stereocenters. The van der Waals surface area contributed by atoms with E-state index < -0.39 is 5.97 Å². The van der Waals surface area contributed by atoms with Gasteiger partial charge in [-0.1, -0.05) is 43.7 Å². The van der Waals surface area contributed by atoms with Crippen LogP contribution in [0.5, 0.6) is 0 Å². The van der Waals surface area contributed by atoms with Crippen LogP contribution >= 0.6 is 0 Å². The molecule has 0 saturated heterocycles. The molecule has 104 valence electrons. The third kappa shape index (κ3) is 3.80. The predicted molar refractivity (Wildman–Crippen MR) is 76.3 cm³/mol. The molecule has 1 aliphatic rings. The largest absolute Gasteiger partial charge is 0.480 e. The van der Waals surface area contributed by atoms with Crippen LogP contribution in [-0.2, 0) is 4.79 Å². The van der Waals surface area contributed by atoms with E-state index >= 15 is 0 Å². The topological polar surface area (TPSA) is 49.3 Å². The van der Waals surface area contributed by atoms with Crippen LogP contribution in [0.2, 0.25) is 0 Å². The molecule has 3 nitrogen and oxygen atoms in total. The monoisotopic (exact) mass is 261 g/mol.